The monoisotopic (exact) mass is 289 g/mol. The van der Waals surface area contributed by atoms with E-state index in [4.69, 9.17) is 0 Å². The van der Waals surface area contributed by atoms with Crippen LogP contribution >= 0.6 is 0 Å². The number of nitrogens with one attached hydrogen (secondary N) is 2. The Kier molecular flexibility index (Phi) is 2.93. The molecule has 110 valence electrons. The van der Waals surface area contributed by atoms with Crippen LogP contribution < -0.4 is 15.5 Å². The van der Waals surface area contributed by atoms with Gasteiger partial charge in [0.2, 0.25) is 0 Å². The molecule has 3 aromatic carbocycles. The molecular weight excluding hydrogens is 270 g/mol. The molecule has 22 heavy (non-hydrogen) atoms. The molecule has 0 saturated carbocycles. The number of hydrogen-bond acceptors (Lipinski definition) is 3. The smallest absolute Gasteiger partial charge is 0.123 e. The molecule has 3 heteroatoms. The minimum Gasteiger partial charge on any atom is -0.378 e. The van der Waals surface area contributed by atoms with E-state index >= 15 is 0 Å². The van der Waals surface area contributed by atoms with Gasteiger partial charge in [0.1, 0.15) is 6.17 Å². The molecule has 1 aliphatic rings. The molecule has 1 heterocycles. The Morgan fingerprint density at radius 1 is 0.773 bits per heavy atom. The van der Waals surface area contributed by atoms with Crippen LogP contribution in [0.3, 0.4) is 0 Å². The van der Waals surface area contributed by atoms with Crippen molar-refractivity contribution >= 4 is 27.8 Å². The lowest BCUT2D eigenvalue weighted by atomic mass is 10.0. The number of rotatable bonds is 2. The van der Waals surface area contributed by atoms with Crippen LogP contribution in [0.4, 0.5) is 17.1 Å². The Balaban J connectivity index is 1.72. The summed E-state index contributed by atoms with van der Waals surface area (Å²) in [6.07, 6.45) is 0.0942. The zero-order chi connectivity index (χ0) is 15.1. The molecule has 0 saturated heterocycles. The first-order valence-electron chi connectivity index (χ1n) is 7.54. The summed E-state index contributed by atoms with van der Waals surface area (Å²) >= 11 is 0. The molecule has 0 bridgehead atoms. The largest absolute Gasteiger partial charge is 0.378 e. The summed E-state index contributed by atoms with van der Waals surface area (Å²) in [6, 6.07) is 21.5. The Bertz CT molecular complexity index is 781. The van der Waals surface area contributed by atoms with E-state index in [1.807, 2.05) is 0 Å². The van der Waals surface area contributed by atoms with Gasteiger partial charge in [-0.3, -0.25) is 0 Å². The van der Waals surface area contributed by atoms with Crippen LogP contribution in [-0.4, -0.2) is 14.1 Å². The maximum absolute atomic E-state index is 3.60. The van der Waals surface area contributed by atoms with E-state index < -0.39 is 0 Å². The minimum absolute atomic E-state index is 0.0942. The lowest BCUT2D eigenvalue weighted by molar-refractivity contribution is 0.896. The molecule has 0 atom stereocenters. The Labute approximate surface area is 130 Å². The van der Waals surface area contributed by atoms with Crippen molar-refractivity contribution in [1.29, 1.82) is 0 Å². The second kappa shape index (κ2) is 4.95. The zero-order valence-corrected chi connectivity index (χ0v) is 12.8. The van der Waals surface area contributed by atoms with Crippen molar-refractivity contribution in [2.75, 3.05) is 29.6 Å². The van der Waals surface area contributed by atoms with Crippen LogP contribution in [0.5, 0.6) is 0 Å². The molecular formula is C19H19N3. The van der Waals surface area contributed by atoms with Crippen molar-refractivity contribution in [2.45, 2.75) is 6.17 Å². The third-order valence-electron chi connectivity index (χ3n) is 4.25. The quantitative estimate of drug-likeness (QED) is 0.730. The average molecular weight is 289 g/mol. The van der Waals surface area contributed by atoms with Gasteiger partial charge < -0.3 is 15.5 Å². The highest BCUT2D eigenvalue weighted by Gasteiger charge is 2.19. The van der Waals surface area contributed by atoms with Crippen LogP contribution in [0.15, 0.2) is 60.7 Å². The fourth-order valence-corrected chi connectivity index (χ4v) is 3.06. The summed E-state index contributed by atoms with van der Waals surface area (Å²) in [4.78, 5) is 2.11. The predicted octanol–water partition coefficient (Wildman–Crippen LogP) is 4.44. The van der Waals surface area contributed by atoms with Crippen molar-refractivity contribution in [3.05, 3.63) is 66.2 Å². The van der Waals surface area contributed by atoms with Crippen LogP contribution in [0.25, 0.3) is 10.8 Å². The Morgan fingerprint density at radius 2 is 1.36 bits per heavy atom. The first-order chi connectivity index (χ1) is 10.7. The van der Waals surface area contributed by atoms with E-state index in [1.165, 1.54) is 33.4 Å². The first-order valence-corrected chi connectivity index (χ1v) is 7.54. The maximum Gasteiger partial charge on any atom is 0.123 e. The third-order valence-corrected chi connectivity index (χ3v) is 4.25. The van der Waals surface area contributed by atoms with Crippen molar-refractivity contribution < 1.29 is 0 Å². The van der Waals surface area contributed by atoms with Gasteiger partial charge in [0.05, 0.1) is 0 Å². The SMILES string of the molecule is CN(C)c1ccc(C2Nc3cccc4cccc(c34)N2)cc1. The van der Waals surface area contributed by atoms with Crippen LogP contribution in [-0.2, 0) is 0 Å². The van der Waals surface area contributed by atoms with Gasteiger partial charge in [0, 0.05) is 36.5 Å². The summed E-state index contributed by atoms with van der Waals surface area (Å²) in [5.74, 6) is 0. The molecule has 3 aromatic rings. The summed E-state index contributed by atoms with van der Waals surface area (Å²) in [7, 11) is 4.12. The summed E-state index contributed by atoms with van der Waals surface area (Å²) < 4.78 is 0. The summed E-state index contributed by atoms with van der Waals surface area (Å²) in [5.41, 5.74) is 4.82. The minimum atomic E-state index is 0.0942. The van der Waals surface area contributed by atoms with Gasteiger partial charge in [-0.15, -0.1) is 0 Å². The topological polar surface area (TPSA) is 27.3 Å². The summed E-state index contributed by atoms with van der Waals surface area (Å²) in [6.45, 7) is 0. The van der Waals surface area contributed by atoms with Crippen molar-refractivity contribution in [2.24, 2.45) is 0 Å². The fraction of sp³-hybridized carbons (Fsp3) is 0.158. The molecule has 0 radical (unpaired) electrons. The highest BCUT2D eigenvalue weighted by molar-refractivity contribution is 6.04. The summed E-state index contributed by atoms with van der Waals surface area (Å²) in [5, 5.41) is 9.73. The normalized spacial score (nSPS) is 13.5. The van der Waals surface area contributed by atoms with E-state index in [2.05, 4.69) is 90.3 Å². The van der Waals surface area contributed by atoms with E-state index in [9.17, 15) is 0 Å². The van der Waals surface area contributed by atoms with Crippen molar-refractivity contribution in [1.82, 2.24) is 0 Å². The van der Waals surface area contributed by atoms with Gasteiger partial charge in [0.25, 0.3) is 0 Å². The van der Waals surface area contributed by atoms with Gasteiger partial charge in [-0.2, -0.15) is 0 Å². The highest BCUT2D eigenvalue weighted by Crippen LogP contribution is 2.38. The molecule has 3 nitrogen and oxygen atoms in total. The van der Waals surface area contributed by atoms with Crippen LogP contribution in [0.1, 0.15) is 11.7 Å². The predicted molar refractivity (Wildman–Crippen MR) is 94.7 cm³/mol. The second-order valence-electron chi connectivity index (χ2n) is 5.92. The van der Waals surface area contributed by atoms with Crippen LogP contribution in [0.2, 0.25) is 0 Å². The maximum atomic E-state index is 3.60. The molecule has 0 aromatic heterocycles. The average Bonchev–Trinajstić information content (AvgIpc) is 2.55. The van der Waals surface area contributed by atoms with E-state index in [-0.39, 0.29) is 6.17 Å². The van der Waals surface area contributed by atoms with Gasteiger partial charge in [-0.05, 0) is 35.2 Å². The molecule has 0 unspecified atom stereocenters. The fourth-order valence-electron chi connectivity index (χ4n) is 3.06. The van der Waals surface area contributed by atoms with Gasteiger partial charge >= 0.3 is 0 Å². The molecule has 0 spiro atoms. The number of nitrogens with zero attached hydrogens (tertiary/aromatic N) is 1. The second-order valence-corrected chi connectivity index (χ2v) is 5.92. The lowest BCUT2D eigenvalue weighted by Crippen LogP contribution is -2.23. The van der Waals surface area contributed by atoms with E-state index in [0.717, 1.165) is 0 Å². The molecule has 1 aliphatic heterocycles. The molecule has 2 N–H and O–H groups in total. The molecule has 0 amide bonds. The Morgan fingerprint density at radius 3 is 1.91 bits per heavy atom. The van der Waals surface area contributed by atoms with Crippen molar-refractivity contribution in [3.63, 3.8) is 0 Å². The van der Waals surface area contributed by atoms with E-state index in [0.29, 0.717) is 0 Å². The third kappa shape index (κ3) is 2.06. The number of benzene rings is 3. The first kappa shape index (κ1) is 13.0. The number of anilines is 3. The van der Waals surface area contributed by atoms with Crippen LogP contribution in [0, 0.1) is 0 Å². The standard InChI is InChI=1S/C19H19N3/c1-22(2)15-11-9-14(10-12-15)19-20-16-7-3-5-13-6-4-8-17(21-19)18(13)16/h3-12,19-21H,1-2H3. The van der Waals surface area contributed by atoms with Crippen molar-refractivity contribution in [3.8, 4) is 0 Å². The van der Waals surface area contributed by atoms with Gasteiger partial charge in [0.15, 0.2) is 0 Å². The highest BCUT2D eigenvalue weighted by atomic mass is 15.1. The molecule has 0 fully saturated rings. The van der Waals surface area contributed by atoms with Gasteiger partial charge in [-0.1, -0.05) is 36.4 Å². The Hall–Kier alpha value is -2.68. The molecule has 4 rings (SSSR count). The van der Waals surface area contributed by atoms with Gasteiger partial charge in [-0.25, -0.2) is 0 Å². The lowest BCUT2D eigenvalue weighted by Gasteiger charge is -2.30. The zero-order valence-electron chi connectivity index (χ0n) is 12.8. The van der Waals surface area contributed by atoms with E-state index in [1.54, 1.807) is 0 Å². The number of hydrogen-bond donors (Lipinski definition) is 2. The molecule has 0 aliphatic carbocycles.